The van der Waals surface area contributed by atoms with E-state index in [4.69, 9.17) is 4.74 Å². The van der Waals surface area contributed by atoms with Gasteiger partial charge in [-0.2, -0.15) is 0 Å². The third-order valence-electron chi connectivity index (χ3n) is 4.04. The second-order valence-corrected chi connectivity index (χ2v) is 5.30. The predicted octanol–water partition coefficient (Wildman–Crippen LogP) is 3.48. The highest BCUT2D eigenvalue weighted by Crippen LogP contribution is 2.35. The molecule has 1 saturated heterocycles. The fourth-order valence-electron chi connectivity index (χ4n) is 3.03. The van der Waals surface area contributed by atoms with Crippen molar-refractivity contribution in [3.05, 3.63) is 66.2 Å². The van der Waals surface area contributed by atoms with Crippen molar-refractivity contribution in [3.63, 3.8) is 0 Å². The quantitative estimate of drug-likeness (QED) is 0.858. The molecule has 1 fully saturated rings. The summed E-state index contributed by atoms with van der Waals surface area (Å²) in [6.07, 6.45) is 1.59. The molecule has 2 unspecified atom stereocenters. The van der Waals surface area contributed by atoms with Crippen molar-refractivity contribution in [2.24, 2.45) is 0 Å². The molecule has 1 aliphatic rings. The molecule has 1 heterocycles. The topological polar surface area (TPSA) is 29.5 Å². The van der Waals surface area contributed by atoms with Gasteiger partial charge in [0.25, 0.3) is 0 Å². The van der Waals surface area contributed by atoms with E-state index in [0.29, 0.717) is 0 Å². The van der Waals surface area contributed by atoms with Gasteiger partial charge in [-0.05, 0) is 17.7 Å². The minimum absolute atomic E-state index is 0.0485. The highest BCUT2D eigenvalue weighted by Gasteiger charge is 2.30. The van der Waals surface area contributed by atoms with E-state index in [1.807, 2.05) is 12.1 Å². The Labute approximate surface area is 125 Å². The van der Waals surface area contributed by atoms with Gasteiger partial charge in [-0.15, -0.1) is 0 Å². The Morgan fingerprint density at radius 3 is 2.33 bits per heavy atom. The van der Waals surface area contributed by atoms with Crippen LogP contribution in [0.1, 0.15) is 24.4 Å². The zero-order valence-electron chi connectivity index (χ0n) is 11.8. The van der Waals surface area contributed by atoms with Gasteiger partial charge in [0.1, 0.15) is 6.10 Å². The van der Waals surface area contributed by atoms with E-state index < -0.39 is 0 Å². The second kappa shape index (κ2) is 6.44. The van der Waals surface area contributed by atoms with Crippen LogP contribution in [0.5, 0.6) is 0 Å². The maximum Gasteiger partial charge on any atom is 0.417 e. The Morgan fingerprint density at radius 2 is 1.67 bits per heavy atom. The summed E-state index contributed by atoms with van der Waals surface area (Å²) in [5, 5.41) is 0. The first-order valence-corrected chi connectivity index (χ1v) is 7.28. The fraction of sp³-hybridized carbons (Fsp3) is 0.278. The van der Waals surface area contributed by atoms with E-state index in [1.165, 1.54) is 11.3 Å². The maximum atomic E-state index is 10.5. The summed E-state index contributed by atoms with van der Waals surface area (Å²) in [7, 11) is 0. The van der Waals surface area contributed by atoms with Crippen LogP contribution in [0.2, 0.25) is 0 Å². The standard InChI is InChI=1S/C18H18NO2/c20-14-21-17-11-12-19(16-9-5-2-6-10-16)18(13-17)15-7-3-1-4-8-15/h1-10,17-18H,11-13H2. The number of nitrogens with zero attached hydrogens (tertiary/aromatic N) is 1. The van der Waals surface area contributed by atoms with Crippen molar-refractivity contribution in [2.45, 2.75) is 25.0 Å². The Balaban J connectivity index is 1.89. The molecule has 0 N–H and O–H groups in total. The van der Waals surface area contributed by atoms with Gasteiger partial charge >= 0.3 is 6.47 Å². The number of ether oxygens (including phenoxy) is 1. The molecule has 2 aromatic carbocycles. The molecule has 21 heavy (non-hydrogen) atoms. The van der Waals surface area contributed by atoms with E-state index in [-0.39, 0.29) is 12.1 Å². The van der Waals surface area contributed by atoms with Crippen LogP contribution in [0.15, 0.2) is 60.7 Å². The summed E-state index contributed by atoms with van der Waals surface area (Å²) in [5.74, 6) is 0. The SMILES string of the molecule is O=[C]OC1CCN(c2ccccc2)C(c2ccccc2)C1. The number of anilines is 1. The highest BCUT2D eigenvalue weighted by atomic mass is 16.5. The van der Waals surface area contributed by atoms with Gasteiger partial charge in [0.05, 0.1) is 6.04 Å². The molecule has 107 valence electrons. The summed E-state index contributed by atoms with van der Waals surface area (Å²) in [5.41, 5.74) is 2.46. The van der Waals surface area contributed by atoms with Crippen LogP contribution in [-0.4, -0.2) is 19.1 Å². The Morgan fingerprint density at radius 1 is 1.00 bits per heavy atom. The number of benzene rings is 2. The molecule has 0 aliphatic carbocycles. The van der Waals surface area contributed by atoms with Gasteiger partial charge in [-0.3, -0.25) is 0 Å². The first-order chi connectivity index (χ1) is 10.4. The van der Waals surface area contributed by atoms with E-state index in [9.17, 15) is 4.79 Å². The lowest BCUT2D eigenvalue weighted by Gasteiger charge is -2.40. The molecule has 2 aromatic rings. The minimum atomic E-state index is -0.0485. The highest BCUT2D eigenvalue weighted by molar-refractivity contribution is 5.49. The van der Waals surface area contributed by atoms with Crippen LogP contribution < -0.4 is 4.90 Å². The average molecular weight is 280 g/mol. The summed E-state index contributed by atoms with van der Waals surface area (Å²) in [6.45, 7) is 2.47. The molecule has 0 spiro atoms. The van der Waals surface area contributed by atoms with Crippen molar-refractivity contribution in [1.82, 2.24) is 0 Å². The van der Waals surface area contributed by atoms with Crippen LogP contribution in [0.4, 0.5) is 5.69 Å². The molecular weight excluding hydrogens is 262 g/mol. The molecule has 1 radical (unpaired) electrons. The number of rotatable bonds is 4. The molecular formula is C18H18NO2. The molecule has 0 saturated carbocycles. The summed E-state index contributed by atoms with van der Waals surface area (Å²) < 4.78 is 5.09. The van der Waals surface area contributed by atoms with E-state index in [2.05, 4.69) is 53.4 Å². The predicted molar refractivity (Wildman–Crippen MR) is 82.8 cm³/mol. The van der Waals surface area contributed by atoms with Crippen LogP contribution in [0.3, 0.4) is 0 Å². The van der Waals surface area contributed by atoms with Crippen LogP contribution in [-0.2, 0) is 9.53 Å². The van der Waals surface area contributed by atoms with Gasteiger partial charge < -0.3 is 9.64 Å². The molecule has 1 aliphatic heterocycles. The maximum absolute atomic E-state index is 10.5. The largest absolute Gasteiger partial charge is 0.454 e. The number of hydrogen-bond donors (Lipinski definition) is 0. The van der Waals surface area contributed by atoms with Crippen molar-refractivity contribution in [1.29, 1.82) is 0 Å². The van der Waals surface area contributed by atoms with Gasteiger partial charge in [0.2, 0.25) is 0 Å². The molecule has 0 amide bonds. The molecule has 2 atom stereocenters. The number of piperidine rings is 1. The van der Waals surface area contributed by atoms with Crippen LogP contribution >= 0.6 is 0 Å². The lowest BCUT2D eigenvalue weighted by atomic mass is 9.92. The molecule has 3 heteroatoms. The van der Waals surface area contributed by atoms with E-state index in [1.54, 1.807) is 6.47 Å². The third kappa shape index (κ3) is 3.07. The van der Waals surface area contributed by atoms with E-state index >= 15 is 0 Å². The zero-order valence-corrected chi connectivity index (χ0v) is 11.8. The summed E-state index contributed by atoms with van der Waals surface area (Å²) in [6, 6.07) is 21.0. The number of para-hydroxylation sites is 1. The summed E-state index contributed by atoms with van der Waals surface area (Å²) >= 11 is 0. The smallest absolute Gasteiger partial charge is 0.417 e. The van der Waals surface area contributed by atoms with Crippen LogP contribution in [0, 0.1) is 0 Å². The van der Waals surface area contributed by atoms with Crippen molar-refractivity contribution < 1.29 is 9.53 Å². The molecule has 0 bridgehead atoms. The summed E-state index contributed by atoms with van der Waals surface area (Å²) in [4.78, 5) is 12.9. The molecule has 3 rings (SSSR count). The first kappa shape index (κ1) is 13.7. The third-order valence-corrected chi connectivity index (χ3v) is 4.04. The first-order valence-electron chi connectivity index (χ1n) is 7.28. The van der Waals surface area contributed by atoms with Crippen molar-refractivity contribution in [3.8, 4) is 0 Å². The Kier molecular flexibility index (Phi) is 4.20. The average Bonchev–Trinajstić information content (AvgIpc) is 2.57. The number of carbonyl (C=O) groups excluding carboxylic acids is 1. The lowest BCUT2D eigenvalue weighted by Crippen LogP contribution is -2.39. The Bertz CT molecular complexity index is 570. The molecule has 3 nitrogen and oxygen atoms in total. The Hall–Kier alpha value is -2.29. The minimum Gasteiger partial charge on any atom is -0.454 e. The lowest BCUT2D eigenvalue weighted by molar-refractivity contribution is 0.133. The second-order valence-electron chi connectivity index (χ2n) is 5.30. The fourth-order valence-corrected chi connectivity index (χ4v) is 3.03. The monoisotopic (exact) mass is 280 g/mol. The van der Waals surface area contributed by atoms with Gasteiger partial charge in [0, 0.05) is 25.1 Å². The van der Waals surface area contributed by atoms with Crippen molar-refractivity contribution in [2.75, 3.05) is 11.4 Å². The molecule has 0 aromatic heterocycles. The van der Waals surface area contributed by atoms with Crippen LogP contribution in [0.25, 0.3) is 0 Å². The van der Waals surface area contributed by atoms with E-state index in [0.717, 1.165) is 19.4 Å². The van der Waals surface area contributed by atoms with Gasteiger partial charge in [-0.1, -0.05) is 48.5 Å². The zero-order chi connectivity index (χ0) is 14.5. The normalized spacial score (nSPS) is 21.8. The van der Waals surface area contributed by atoms with Crippen molar-refractivity contribution >= 4 is 12.2 Å². The van der Waals surface area contributed by atoms with Gasteiger partial charge in [-0.25, -0.2) is 4.79 Å². The van der Waals surface area contributed by atoms with Gasteiger partial charge in [0.15, 0.2) is 0 Å². The number of hydrogen-bond acceptors (Lipinski definition) is 3.